The van der Waals surface area contributed by atoms with E-state index in [0.717, 1.165) is 34.5 Å². The van der Waals surface area contributed by atoms with E-state index in [0.29, 0.717) is 0 Å². The molecule has 4 rings (SSSR count). The first-order valence-electron chi connectivity index (χ1n) is 11.7. The van der Waals surface area contributed by atoms with Gasteiger partial charge in [-0.1, -0.05) is 42.5 Å². The van der Waals surface area contributed by atoms with Gasteiger partial charge in [0.15, 0.2) is 0 Å². The SMILES string of the molecule is CCN(CC)c1ccc([C@@H]2CC(c3c(O)n(Cc4ccccc4)c(=O)[nH]c3=O)=NN2C(C)=O)cc1. The summed E-state index contributed by atoms with van der Waals surface area (Å²) in [4.78, 5) is 42.1. The number of aromatic hydroxyl groups is 1. The van der Waals surface area contributed by atoms with Crippen molar-refractivity contribution in [2.75, 3.05) is 18.0 Å². The van der Waals surface area contributed by atoms with Gasteiger partial charge in [-0.3, -0.25) is 19.1 Å². The van der Waals surface area contributed by atoms with Gasteiger partial charge in [0.2, 0.25) is 11.8 Å². The molecule has 35 heavy (non-hydrogen) atoms. The Kier molecular flexibility index (Phi) is 6.86. The van der Waals surface area contributed by atoms with Crippen LogP contribution < -0.4 is 16.1 Å². The van der Waals surface area contributed by atoms with Gasteiger partial charge in [-0.25, -0.2) is 9.80 Å². The number of amides is 1. The summed E-state index contributed by atoms with van der Waals surface area (Å²) in [6.45, 7) is 7.43. The zero-order valence-corrected chi connectivity index (χ0v) is 20.1. The van der Waals surface area contributed by atoms with Gasteiger partial charge >= 0.3 is 5.69 Å². The predicted molar refractivity (Wildman–Crippen MR) is 135 cm³/mol. The molecule has 1 atom stereocenters. The Hall–Kier alpha value is -4.14. The third-order valence-electron chi connectivity index (χ3n) is 6.28. The molecule has 1 aliphatic rings. The van der Waals surface area contributed by atoms with Crippen LogP contribution in [0.2, 0.25) is 0 Å². The van der Waals surface area contributed by atoms with Gasteiger partial charge in [-0.15, -0.1) is 0 Å². The molecular formula is C26H29N5O4. The van der Waals surface area contributed by atoms with Gasteiger partial charge in [0.1, 0.15) is 5.56 Å². The van der Waals surface area contributed by atoms with Crippen LogP contribution in [-0.2, 0) is 11.3 Å². The van der Waals surface area contributed by atoms with Crippen LogP contribution in [0.15, 0.2) is 69.3 Å². The second-order valence-electron chi connectivity index (χ2n) is 8.42. The molecular weight excluding hydrogens is 446 g/mol. The lowest BCUT2D eigenvalue weighted by molar-refractivity contribution is -0.130. The molecule has 0 unspecified atom stereocenters. The summed E-state index contributed by atoms with van der Waals surface area (Å²) >= 11 is 0. The highest BCUT2D eigenvalue weighted by Crippen LogP contribution is 2.34. The van der Waals surface area contributed by atoms with Crippen LogP contribution in [0.4, 0.5) is 5.69 Å². The van der Waals surface area contributed by atoms with Crippen molar-refractivity contribution in [2.45, 2.75) is 39.8 Å². The van der Waals surface area contributed by atoms with E-state index in [9.17, 15) is 19.5 Å². The minimum Gasteiger partial charge on any atom is -0.494 e. The lowest BCUT2D eigenvalue weighted by Crippen LogP contribution is -2.34. The Balaban J connectivity index is 1.70. The first-order valence-corrected chi connectivity index (χ1v) is 11.7. The number of hydrogen-bond acceptors (Lipinski definition) is 6. The Morgan fingerprint density at radius 2 is 1.74 bits per heavy atom. The molecule has 0 fully saturated rings. The van der Waals surface area contributed by atoms with Crippen LogP contribution in [0.1, 0.15) is 49.9 Å². The largest absolute Gasteiger partial charge is 0.494 e. The van der Waals surface area contributed by atoms with E-state index < -0.39 is 23.2 Å². The topological polar surface area (TPSA) is 111 Å². The van der Waals surface area contributed by atoms with E-state index in [1.165, 1.54) is 11.9 Å². The van der Waals surface area contributed by atoms with Gasteiger partial charge in [-0.05, 0) is 37.1 Å². The minimum absolute atomic E-state index is 0.0786. The van der Waals surface area contributed by atoms with Crippen molar-refractivity contribution in [1.29, 1.82) is 0 Å². The number of H-pyrrole nitrogens is 1. The van der Waals surface area contributed by atoms with Crippen molar-refractivity contribution in [3.05, 3.63) is 92.1 Å². The number of carbonyl (C=O) groups is 1. The summed E-state index contributed by atoms with van der Waals surface area (Å²) in [5.74, 6) is -0.756. The van der Waals surface area contributed by atoms with E-state index >= 15 is 0 Å². The molecule has 9 heteroatoms. The Morgan fingerprint density at radius 1 is 1.09 bits per heavy atom. The van der Waals surface area contributed by atoms with Gasteiger partial charge in [0, 0.05) is 32.1 Å². The Morgan fingerprint density at radius 3 is 2.34 bits per heavy atom. The van der Waals surface area contributed by atoms with Crippen LogP contribution in [-0.4, -0.2) is 44.4 Å². The van der Waals surface area contributed by atoms with Crippen molar-refractivity contribution in [3.63, 3.8) is 0 Å². The van der Waals surface area contributed by atoms with Crippen molar-refractivity contribution < 1.29 is 9.90 Å². The maximum atomic E-state index is 12.7. The average molecular weight is 476 g/mol. The zero-order chi connectivity index (χ0) is 25.1. The molecule has 1 amide bonds. The van der Waals surface area contributed by atoms with Gasteiger partial charge in [0.05, 0.1) is 18.3 Å². The summed E-state index contributed by atoms with van der Waals surface area (Å²) in [5, 5.41) is 16.7. The van der Waals surface area contributed by atoms with Gasteiger partial charge < -0.3 is 10.0 Å². The number of hydrogen-bond donors (Lipinski definition) is 2. The van der Waals surface area contributed by atoms with Crippen molar-refractivity contribution in [2.24, 2.45) is 5.10 Å². The number of aromatic nitrogens is 2. The predicted octanol–water partition coefficient (Wildman–Crippen LogP) is 2.83. The van der Waals surface area contributed by atoms with Crippen LogP contribution in [0.3, 0.4) is 0 Å². The summed E-state index contributed by atoms with van der Waals surface area (Å²) in [7, 11) is 0. The molecule has 0 bridgehead atoms. The Labute approximate surface area is 203 Å². The number of hydrazone groups is 1. The molecule has 2 aromatic carbocycles. The molecule has 0 spiro atoms. The number of benzene rings is 2. The summed E-state index contributed by atoms with van der Waals surface area (Å²) < 4.78 is 1.10. The highest BCUT2D eigenvalue weighted by molar-refractivity contribution is 6.04. The van der Waals surface area contributed by atoms with Crippen molar-refractivity contribution in [3.8, 4) is 5.88 Å². The lowest BCUT2D eigenvalue weighted by Gasteiger charge is -2.23. The zero-order valence-electron chi connectivity index (χ0n) is 20.1. The first kappa shape index (κ1) is 24.0. The van der Waals surface area contributed by atoms with E-state index in [1.54, 1.807) is 0 Å². The summed E-state index contributed by atoms with van der Waals surface area (Å²) in [6, 6.07) is 16.6. The van der Waals surface area contributed by atoms with Crippen LogP contribution in [0, 0.1) is 0 Å². The number of nitrogens with one attached hydrogen (secondary N) is 1. The summed E-state index contributed by atoms with van der Waals surface area (Å²) in [5.41, 5.74) is 1.42. The van der Waals surface area contributed by atoms with Gasteiger partial charge in [-0.2, -0.15) is 5.10 Å². The monoisotopic (exact) mass is 475 g/mol. The third-order valence-corrected chi connectivity index (χ3v) is 6.28. The van der Waals surface area contributed by atoms with Gasteiger partial charge in [0.25, 0.3) is 5.56 Å². The summed E-state index contributed by atoms with van der Waals surface area (Å²) in [6.07, 6.45) is 0.227. The second kappa shape index (κ2) is 10.0. The number of rotatable bonds is 7. The maximum absolute atomic E-state index is 12.7. The van der Waals surface area contributed by atoms with E-state index in [-0.39, 0.29) is 30.1 Å². The minimum atomic E-state index is -0.739. The first-order chi connectivity index (χ1) is 16.8. The number of carbonyl (C=O) groups excluding carboxylic acids is 1. The molecule has 0 aliphatic carbocycles. The van der Waals surface area contributed by atoms with E-state index in [4.69, 9.17) is 0 Å². The molecule has 3 aromatic rings. The van der Waals surface area contributed by atoms with E-state index in [2.05, 4.69) is 28.8 Å². The number of anilines is 1. The number of nitrogens with zero attached hydrogens (tertiary/aromatic N) is 4. The normalized spacial score (nSPS) is 15.2. The molecule has 0 saturated carbocycles. The fourth-order valence-electron chi connectivity index (χ4n) is 4.44. The Bertz CT molecular complexity index is 1360. The fraction of sp³-hybridized carbons (Fsp3) is 0.308. The standard InChI is InChI=1S/C26H29N5O4/c1-4-29(5-2)20-13-11-19(12-14-20)22-15-21(28-31(22)17(3)32)23-24(33)27-26(35)30(25(23)34)16-18-9-7-6-8-10-18/h6-14,22,34H,4-5,15-16H2,1-3H3,(H,27,33,35)/t22-/m0/s1. The third kappa shape index (κ3) is 4.75. The highest BCUT2D eigenvalue weighted by atomic mass is 16.3. The highest BCUT2D eigenvalue weighted by Gasteiger charge is 2.34. The molecule has 9 nitrogen and oxygen atoms in total. The molecule has 2 N–H and O–H groups in total. The van der Waals surface area contributed by atoms with Crippen molar-refractivity contribution >= 4 is 17.3 Å². The number of aromatic amines is 1. The smallest absolute Gasteiger partial charge is 0.331 e. The quantitative estimate of drug-likeness (QED) is 0.546. The molecule has 1 aliphatic heterocycles. The van der Waals surface area contributed by atoms with Crippen LogP contribution in [0.25, 0.3) is 0 Å². The molecule has 2 heterocycles. The van der Waals surface area contributed by atoms with Crippen LogP contribution in [0.5, 0.6) is 5.88 Å². The average Bonchev–Trinajstić information content (AvgIpc) is 3.29. The molecule has 0 radical (unpaired) electrons. The fourth-order valence-corrected chi connectivity index (χ4v) is 4.44. The second-order valence-corrected chi connectivity index (χ2v) is 8.42. The van der Waals surface area contributed by atoms with Crippen molar-refractivity contribution in [1.82, 2.24) is 14.6 Å². The van der Waals surface area contributed by atoms with Crippen LogP contribution >= 0.6 is 0 Å². The molecule has 182 valence electrons. The molecule has 0 saturated heterocycles. The van der Waals surface area contributed by atoms with E-state index in [1.807, 2.05) is 54.6 Å². The lowest BCUT2D eigenvalue weighted by atomic mass is 9.98. The molecule has 1 aromatic heterocycles. The maximum Gasteiger partial charge on any atom is 0.331 e.